The molecule has 152 valence electrons. The number of thioether (sulfide) groups is 1. The molecule has 7 nitrogen and oxygen atoms in total. The molecule has 3 saturated heterocycles. The van der Waals surface area contributed by atoms with Crippen LogP contribution >= 0.6 is 24.2 Å². The molecule has 27 heavy (non-hydrogen) atoms. The molecule has 1 aromatic rings. The summed E-state index contributed by atoms with van der Waals surface area (Å²) in [7, 11) is 0. The summed E-state index contributed by atoms with van der Waals surface area (Å²) in [4.78, 5) is 15.2. The number of hydrogen-bond acceptors (Lipinski definition) is 6. The van der Waals surface area contributed by atoms with Crippen molar-refractivity contribution in [2.75, 3.05) is 57.4 Å². The van der Waals surface area contributed by atoms with Crippen molar-refractivity contribution in [2.24, 2.45) is 0 Å². The van der Waals surface area contributed by atoms with Gasteiger partial charge in [0.05, 0.1) is 19.3 Å². The first-order valence-corrected chi connectivity index (χ1v) is 10.9. The van der Waals surface area contributed by atoms with Gasteiger partial charge in [0, 0.05) is 43.7 Å². The summed E-state index contributed by atoms with van der Waals surface area (Å²) >= 11 is 1.98. The van der Waals surface area contributed by atoms with Crippen LogP contribution in [0.15, 0.2) is 12.3 Å². The van der Waals surface area contributed by atoms with Crippen LogP contribution in [0, 0.1) is 0 Å². The monoisotopic (exact) mass is 415 g/mol. The summed E-state index contributed by atoms with van der Waals surface area (Å²) in [5, 5.41) is 11.1. The Morgan fingerprint density at radius 1 is 1.44 bits per heavy atom. The molecule has 0 aromatic carbocycles. The van der Waals surface area contributed by atoms with Crippen LogP contribution in [0.5, 0.6) is 0 Å². The number of ether oxygens (including phenoxy) is 1. The van der Waals surface area contributed by atoms with Crippen molar-refractivity contribution < 1.29 is 9.53 Å². The Hall–Kier alpha value is -0.800. The van der Waals surface area contributed by atoms with Gasteiger partial charge in [0.2, 0.25) is 0 Å². The van der Waals surface area contributed by atoms with Crippen LogP contribution in [0.25, 0.3) is 0 Å². The van der Waals surface area contributed by atoms with E-state index in [-0.39, 0.29) is 23.9 Å². The van der Waals surface area contributed by atoms with Crippen LogP contribution in [0.3, 0.4) is 0 Å². The predicted octanol–water partition coefficient (Wildman–Crippen LogP) is 1.17. The number of carbonyl (C=O) groups excluding carboxylic acids is 1. The van der Waals surface area contributed by atoms with E-state index in [0.29, 0.717) is 18.3 Å². The van der Waals surface area contributed by atoms with Gasteiger partial charge in [-0.1, -0.05) is 0 Å². The summed E-state index contributed by atoms with van der Waals surface area (Å²) in [6.07, 6.45) is 5.34. The average molecular weight is 416 g/mol. The Balaban J connectivity index is 0.00000210. The number of morpholine rings is 1. The second-order valence-electron chi connectivity index (χ2n) is 7.49. The number of hydrogen-bond donors (Lipinski definition) is 2. The van der Waals surface area contributed by atoms with E-state index >= 15 is 0 Å². The van der Waals surface area contributed by atoms with Crippen LogP contribution in [0.4, 0.5) is 0 Å². The van der Waals surface area contributed by atoms with Crippen molar-refractivity contribution in [3.05, 3.63) is 18.0 Å². The molecule has 0 aliphatic carbocycles. The lowest BCUT2D eigenvalue weighted by Crippen LogP contribution is -2.59. The zero-order chi connectivity index (χ0) is 17.8. The molecule has 4 rings (SSSR count). The van der Waals surface area contributed by atoms with E-state index in [0.717, 1.165) is 70.2 Å². The van der Waals surface area contributed by atoms with Gasteiger partial charge in [0.15, 0.2) is 0 Å². The fraction of sp³-hybridized carbons (Fsp3) is 0.778. The fourth-order valence-electron chi connectivity index (χ4n) is 4.19. The molecule has 2 N–H and O–H groups in total. The minimum Gasteiger partial charge on any atom is -0.379 e. The van der Waals surface area contributed by atoms with E-state index in [4.69, 9.17) is 4.74 Å². The number of halogens is 1. The molecule has 3 aliphatic rings. The van der Waals surface area contributed by atoms with E-state index in [1.165, 1.54) is 0 Å². The Morgan fingerprint density at radius 3 is 3.00 bits per heavy atom. The third-order valence-corrected chi connectivity index (χ3v) is 7.06. The number of piperidine rings is 1. The molecular weight excluding hydrogens is 386 g/mol. The quantitative estimate of drug-likeness (QED) is 0.752. The SMILES string of the molecule is Cl.O=C(NCC1(N2CCOCC2)CCSC1)c1ccn(C2CCCNC2)n1. The van der Waals surface area contributed by atoms with Crippen LogP contribution in [0.2, 0.25) is 0 Å². The van der Waals surface area contributed by atoms with Gasteiger partial charge in [-0.3, -0.25) is 14.4 Å². The fourth-order valence-corrected chi connectivity index (χ4v) is 5.67. The summed E-state index contributed by atoms with van der Waals surface area (Å²) in [5.74, 6) is 2.18. The van der Waals surface area contributed by atoms with Crippen molar-refractivity contribution in [1.29, 1.82) is 0 Å². The summed E-state index contributed by atoms with van der Waals surface area (Å²) in [6, 6.07) is 2.20. The minimum atomic E-state index is -0.0583. The second-order valence-corrected chi connectivity index (χ2v) is 8.60. The Bertz CT molecular complexity index is 611. The zero-order valence-electron chi connectivity index (χ0n) is 15.7. The molecule has 4 heterocycles. The molecule has 0 spiro atoms. The molecular formula is C18H30ClN5O2S. The molecule has 2 atom stereocenters. The van der Waals surface area contributed by atoms with E-state index in [9.17, 15) is 4.79 Å². The first kappa shape index (κ1) is 20.9. The molecule has 1 amide bonds. The molecule has 0 radical (unpaired) electrons. The van der Waals surface area contributed by atoms with Crippen LogP contribution in [0.1, 0.15) is 35.8 Å². The maximum absolute atomic E-state index is 12.7. The third kappa shape index (κ3) is 4.79. The highest BCUT2D eigenvalue weighted by Gasteiger charge is 2.41. The van der Waals surface area contributed by atoms with E-state index in [1.807, 2.05) is 28.7 Å². The highest BCUT2D eigenvalue weighted by atomic mass is 35.5. The summed E-state index contributed by atoms with van der Waals surface area (Å²) in [6.45, 7) is 6.20. The van der Waals surface area contributed by atoms with Gasteiger partial charge in [-0.15, -0.1) is 12.4 Å². The topological polar surface area (TPSA) is 71.4 Å². The lowest BCUT2D eigenvalue weighted by molar-refractivity contribution is -0.0129. The normalized spacial score (nSPS) is 29.3. The van der Waals surface area contributed by atoms with Crippen molar-refractivity contribution in [3.8, 4) is 0 Å². The van der Waals surface area contributed by atoms with Crippen LogP contribution in [-0.2, 0) is 4.74 Å². The minimum absolute atomic E-state index is 0. The van der Waals surface area contributed by atoms with Crippen molar-refractivity contribution in [2.45, 2.75) is 30.8 Å². The number of aromatic nitrogens is 2. The first-order chi connectivity index (χ1) is 12.8. The lowest BCUT2D eigenvalue weighted by atomic mass is 9.95. The van der Waals surface area contributed by atoms with Gasteiger partial charge in [-0.25, -0.2) is 0 Å². The first-order valence-electron chi connectivity index (χ1n) is 9.71. The number of nitrogens with one attached hydrogen (secondary N) is 2. The lowest BCUT2D eigenvalue weighted by Gasteiger charge is -2.43. The van der Waals surface area contributed by atoms with Gasteiger partial charge < -0.3 is 15.4 Å². The van der Waals surface area contributed by atoms with Gasteiger partial charge in [-0.05, 0) is 37.6 Å². The highest BCUT2D eigenvalue weighted by Crippen LogP contribution is 2.33. The molecule has 0 saturated carbocycles. The largest absolute Gasteiger partial charge is 0.379 e. The number of carbonyl (C=O) groups is 1. The molecule has 0 bridgehead atoms. The highest BCUT2D eigenvalue weighted by molar-refractivity contribution is 7.99. The van der Waals surface area contributed by atoms with Crippen LogP contribution in [-0.4, -0.2) is 83.6 Å². The molecule has 1 aromatic heterocycles. The van der Waals surface area contributed by atoms with Crippen LogP contribution < -0.4 is 10.6 Å². The van der Waals surface area contributed by atoms with Gasteiger partial charge >= 0.3 is 0 Å². The maximum Gasteiger partial charge on any atom is 0.271 e. The molecule has 3 aliphatic heterocycles. The molecule has 2 unspecified atom stereocenters. The van der Waals surface area contributed by atoms with Crippen molar-refractivity contribution in [3.63, 3.8) is 0 Å². The van der Waals surface area contributed by atoms with Crippen molar-refractivity contribution >= 4 is 30.1 Å². The van der Waals surface area contributed by atoms with Gasteiger partial charge in [0.25, 0.3) is 5.91 Å². The van der Waals surface area contributed by atoms with E-state index in [1.54, 1.807) is 0 Å². The Kier molecular flexibility index (Phi) is 7.44. The zero-order valence-corrected chi connectivity index (χ0v) is 17.3. The molecule has 3 fully saturated rings. The second kappa shape index (κ2) is 9.60. The third-order valence-electron chi connectivity index (χ3n) is 5.83. The van der Waals surface area contributed by atoms with Gasteiger partial charge in [-0.2, -0.15) is 16.9 Å². The van der Waals surface area contributed by atoms with E-state index in [2.05, 4.69) is 20.6 Å². The van der Waals surface area contributed by atoms with E-state index < -0.39 is 0 Å². The number of amides is 1. The Morgan fingerprint density at radius 2 is 2.30 bits per heavy atom. The predicted molar refractivity (Wildman–Crippen MR) is 110 cm³/mol. The smallest absolute Gasteiger partial charge is 0.271 e. The summed E-state index contributed by atoms with van der Waals surface area (Å²) < 4.78 is 7.45. The standard InChI is InChI=1S/C18H29N5O2S.ClH/c24-17(16-3-6-23(21-16)15-2-1-5-19-12-15)20-13-18(4-11-26-14-18)22-7-9-25-10-8-22;/h3,6,15,19H,1-2,4-5,7-14H2,(H,20,24);1H. The maximum atomic E-state index is 12.7. The average Bonchev–Trinajstić information content (AvgIpc) is 3.38. The number of rotatable bonds is 5. The van der Waals surface area contributed by atoms with Crippen molar-refractivity contribution in [1.82, 2.24) is 25.3 Å². The summed E-state index contributed by atoms with van der Waals surface area (Å²) in [5.41, 5.74) is 0.596. The van der Waals surface area contributed by atoms with Gasteiger partial charge in [0.1, 0.15) is 5.69 Å². The number of nitrogens with zero attached hydrogens (tertiary/aromatic N) is 3. The molecule has 9 heteroatoms. The Labute approximate surface area is 171 Å².